The van der Waals surface area contributed by atoms with Crippen molar-refractivity contribution in [3.05, 3.63) is 65.2 Å². The van der Waals surface area contributed by atoms with Gasteiger partial charge >= 0.3 is 6.18 Å². The van der Waals surface area contributed by atoms with E-state index in [1.165, 1.54) is 29.2 Å². The molecule has 2 aromatic carbocycles. The minimum absolute atomic E-state index is 0.00724. The molecule has 1 saturated heterocycles. The van der Waals surface area contributed by atoms with Crippen molar-refractivity contribution >= 4 is 15.9 Å². The van der Waals surface area contributed by atoms with E-state index < -0.39 is 27.8 Å². The first kappa shape index (κ1) is 21.3. The van der Waals surface area contributed by atoms with Crippen molar-refractivity contribution in [1.29, 1.82) is 0 Å². The normalized spacial score (nSPS) is 16.3. The van der Waals surface area contributed by atoms with E-state index in [9.17, 15) is 26.4 Å². The van der Waals surface area contributed by atoms with Crippen LogP contribution in [0.3, 0.4) is 0 Å². The van der Waals surface area contributed by atoms with Crippen molar-refractivity contribution in [1.82, 2.24) is 9.62 Å². The first-order valence-corrected chi connectivity index (χ1v) is 10.6. The van der Waals surface area contributed by atoms with Crippen molar-refractivity contribution in [3.63, 3.8) is 0 Å². The topological polar surface area (TPSA) is 66.5 Å². The molecule has 1 heterocycles. The van der Waals surface area contributed by atoms with Crippen molar-refractivity contribution in [2.75, 3.05) is 13.1 Å². The zero-order valence-corrected chi connectivity index (χ0v) is 16.6. The zero-order chi connectivity index (χ0) is 21.2. The van der Waals surface area contributed by atoms with Crippen LogP contribution in [0.2, 0.25) is 0 Å². The molecule has 156 valence electrons. The van der Waals surface area contributed by atoms with Gasteiger partial charge in [0, 0.05) is 19.5 Å². The first-order valence-electron chi connectivity index (χ1n) is 9.10. The van der Waals surface area contributed by atoms with Gasteiger partial charge in [0.15, 0.2) is 0 Å². The standard InChI is InChI=1S/C20H21F3N2O3S/c1-14-7-9-17(10-8-14)29(27,28)24-18(13-25-11-3-6-19(25)26)15-4-2-5-16(12-15)20(21,22)23/h2,4-5,7-10,12,18,24H,3,6,11,13H2,1H3. The summed E-state index contributed by atoms with van der Waals surface area (Å²) in [4.78, 5) is 13.5. The van der Waals surface area contributed by atoms with Crippen LogP contribution in [0.5, 0.6) is 0 Å². The van der Waals surface area contributed by atoms with Crippen LogP contribution < -0.4 is 4.72 Å². The Morgan fingerprint density at radius 2 is 1.83 bits per heavy atom. The molecule has 0 radical (unpaired) electrons. The van der Waals surface area contributed by atoms with Crippen LogP contribution >= 0.6 is 0 Å². The number of likely N-dealkylation sites (tertiary alicyclic amines) is 1. The molecule has 0 bridgehead atoms. The fourth-order valence-electron chi connectivity index (χ4n) is 3.23. The number of carbonyl (C=O) groups is 1. The third kappa shape index (κ3) is 5.16. The van der Waals surface area contributed by atoms with Crippen molar-refractivity contribution in [3.8, 4) is 0 Å². The number of halogens is 3. The largest absolute Gasteiger partial charge is 0.416 e. The number of nitrogens with one attached hydrogen (secondary N) is 1. The fourth-order valence-corrected chi connectivity index (χ4v) is 4.45. The molecule has 5 nitrogen and oxygen atoms in total. The Morgan fingerprint density at radius 1 is 1.14 bits per heavy atom. The number of aryl methyl sites for hydroxylation is 1. The average molecular weight is 426 g/mol. The predicted octanol–water partition coefficient (Wildman–Crippen LogP) is 3.66. The Bertz CT molecular complexity index is 989. The summed E-state index contributed by atoms with van der Waals surface area (Å²) in [5.41, 5.74) is 0.151. The molecule has 2 aromatic rings. The maximum atomic E-state index is 13.1. The molecule has 1 aliphatic heterocycles. The molecule has 0 saturated carbocycles. The van der Waals surface area contributed by atoms with Gasteiger partial charge in [-0.15, -0.1) is 0 Å². The van der Waals surface area contributed by atoms with E-state index in [0.717, 1.165) is 17.7 Å². The van der Waals surface area contributed by atoms with Gasteiger partial charge in [-0.05, 0) is 43.2 Å². The second-order valence-corrected chi connectivity index (χ2v) is 8.77. The summed E-state index contributed by atoms with van der Waals surface area (Å²) in [7, 11) is -4.00. The molecule has 0 aromatic heterocycles. The Hall–Kier alpha value is -2.39. The van der Waals surface area contributed by atoms with E-state index in [1.807, 2.05) is 6.92 Å². The Labute approximate surface area is 167 Å². The average Bonchev–Trinajstić information content (AvgIpc) is 3.05. The van der Waals surface area contributed by atoms with Crippen LogP contribution in [0.1, 0.15) is 35.6 Å². The second kappa shape index (κ2) is 8.16. The van der Waals surface area contributed by atoms with Gasteiger partial charge in [0.2, 0.25) is 15.9 Å². The number of sulfonamides is 1. The number of alkyl halides is 3. The van der Waals surface area contributed by atoms with E-state index >= 15 is 0 Å². The van der Waals surface area contributed by atoms with Crippen LogP contribution in [0, 0.1) is 6.92 Å². The Morgan fingerprint density at radius 3 is 2.41 bits per heavy atom. The maximum absolute atomic E-state index is 13.1. The number of hydrogen-bond acceptors (Lipinski definition) is 3. The number of benzene rings is 2. The second-order valence-electron chi connectivity index (χ2n) is 7.05. The van der Waals surface area contributed by atoms with Gasteiger partial charge in [0.25, 0.3) is 0 Å². The number of carbonyl (C=O) groups excluding carboxylic acids is 1. The molecule has 1 unspecified atom stereocenters. The van der Waals surface area contributed by atoms with Crippen LogP contribution in [0.25, 0.3) is 0 Å². The molecule has 29 heavy (non-hydrogen) atoms. The molecule has 1 atom stereocenters. The van der Waals surface area contributed by atoms with E-state index in [1.54, 1.807) is 12.1 Å². The summed E-state index contributed by atoms with van der Waals surface area (Å²) in [6.07, 6.45) is -3.57. The molecule has 0 aliphatic carbocycles. The minimum Gasteiger partial charge on any atom is -0.341 e. The molecule has 0 spiro atoms. The van der Waals surface area contributed by atoms with Gasteiger partial charge in [-0.25, -0.2) is 13.1 Å². The highest BCUT2D eigenvalue weighted by atomic mass is 32.2. The van der Waals surface area contributed by atoms with E-state index in [2.05, 4.69) is 4.72 Å². The summed E-state index contributed by atoms with van der Waals surface area (Å²) in [5, 5.41) is 0. The smallest absolute Gasteiger partial charge is 0.341 e. The van der Waals surface area contributed by atoms with Gasteiger partial charge in [-0.1, -0.05) is 29.8 Å². The third-order valence-corrected chi connectivity index (χ3v) is 6.31. The minimum atomic E-state index is -4.56. The van der Waals surface area contributed by atoms with Crippen LogP contribution in [-0.2, 0) is 21.0 Å². The lowest BCUT2D eigenvalue weighted by Crippen LogP contribution is -2.38. The van der Waals surface area contributed by atoms with Crippen LogP contribution in [0.4, 0.5) is 13.2 Å². The molecule has 1 amide bonds. The van der Waals surface area contributed by atoms with Gasteiger partial charge in [-0.2, -0.15) is 13.2 Å². The first-order chi connectivity index (χ1) is 13.6. The van der Waals surface area contributed by atoms with Crippen LogP contribution in [0.15, 0.2) is 53.4 Å². The van der Waals surface area contributed by atoms with Gasteiger partial charge in [-0.3, -0.25) is 4.79 Å². The molecular formula is C20H21F3N2O3S. The Kier molecular flexibility index (Phi) is 6.00. The van der Waals surface area contributed by atoms with Gasteiger partial charge in [0.1, 0.15) is 0 Å². The van der Waals surface area contributed by atoms with E-state index in [4.69, 9.17) is 0 Å². The zero-order valence-electron chi connectivity index (χ0n) is 15.7. The maximum Gasteiger partial charge on any atom is 0.416 e. The fraction of sp³-hybridized carbons (Fsp3) is 0.350. The van der Waals surface area contributed by atoms with Gasteiger partial charge < -0.3 is 4.90 Å². The highest BCUT2D eigenvalue weighted by Gasteiger charge is 2.33. The highest BCUT2D eigenvalue weighted by molar-refractivity contribution is 7.89. The van der Waals surface area contributed by atoms with E-state index in [-0.39, 0.29) is 22.9 Å². The lowest BCUT2D eigenvalue weighted by molar-refractivity contribution is -0.137. The molecular weight excluding hydrogens is 405 g/mol. The summed E-state index contributed by atoms with van der Waals surface area (Å²) in [6, 6.07) is 9.64. The lowest BCUT2D eigenvalue weighted by Gasteiger charge is -2.25. The molecule has 3 rings (SSSR count). The number of rotatable bonds is 6. The van der Waals surface area contributed by atoms with Crippen LogP contribution in [-0.4, -0.2) is 32.3 Å². The van der Waals surface area contributed by atoms with E-state index in [0.29, 0.717) is 19.4 Å². The summed E-state index contributed by atoms with van der Waals surface area (Å²) in [5.74, 6) is -0.142. The molecule has 1 N–H and O–H groups in total. The highest BCUT2D eigenvalue weighted by Crippen LogP contribution is 2.31. The summed E-state index contributed by atoms with van der Waals surface area (Å²) >= 11 is 0. The number of hydrogen-bond donors (Lipinski definition) is 1. The van der Waals surface area contributed by atoms with Gasteiger partial charge in [0.05, 0.1) is 16.5 Å². The quantitative estimate of drug-likeness (QED) is 0.767. The van der Waals surface area contributed by atoms with Crippen molar-refractivity contribution in [2.24, 2.45) is 0 Å². The summed E-state index contributed by atoms with van der Waals surface area (Å²) in [6.45, 7) is 2.22. The molecule has 1 aliphatic rings. The Balaban J connectivity index is 1.95. The predicted molar refractivity (Wildman–Crippen MR) is 101 cm³/mol. The molecule has 1 fully saturated rings. The summed E-state index contributed by atoms with van der Waals surface area (Å²) < 4.78 is 67.5. The SMILES string of the molecule is Cc1ccc(S(=O)(=O)NC(CN2CCCC2=O)c2cccc(C(F)(F)F)c2)cc1. The number of nitrogens with zero attached hydrogens (tertiary/aromatic N) is 1. The van der Waals surface area contributed by atoms with Crippen molar-refractivity contribution in [2.45, 2.75) is 36.9 Å². The van der Waals surface area contributed by atoms with Crippen molar-refractivity contribution < 1.29 is 26.4 Å². The lowest BCUT2D eigenvalue weighted by atomic mass is 10.0. The molecule has 9 heteroatoms. The third-order valence-electron chi connectivity index (χ3n) is 4.82. The number of amides is 1. The monoisotopic (exact) mass is 426 g/mol.